The molecule has 98 valence electrons. The highest BCUT2D eigenvalue weighted by molar-refractivity contribution is 9.11. The Balaban J connectivity index is 2.49. The van der Waals surface area contributed by atoms with Crippen molar-refractivity contribution in [3.8, 4) is 0 Å². The van der Waals surface area contributed by atoms with Gasteiger partial charge >= 0.3 is 5.97 Å². The van der Waals surface area contributed by atoms with Crippen molar-refractivity contribution in [3.63, 3.8) is 0 Å². The van der Waals surface area contributed by atoms with Crippen LogP contribution in [0.3, 0.4) is 0 Å². The minimum absolute atomic E-state index is 0.0374. The lowest BCUT2D eigenvalue weighted by Crippen LogP contribution is -2.31. The first-order chi connectivity index (χ1) is 8.52. The molecule has 1 heterocycles. The average molecular weight is 332 g/mol. The molecule has 0 aromatic carbocycles. The highest BCUT2D eigenvalue weighted by atomic mass is 79.9. The molecule has 0 saturated heterocycles. The summed E-state index contributed by atoms with van der Waals surface area (Å²) in [6.45, 7) is 2.01. The van der Waals surface area contributed by atoms with Gasteiger partial charge in [0.2, 0.25) is 5.91 Å². The number of thiophene rings is 1. The first kappa shape index (κ1) is 14.9. The molecule has 0 unspecified atom stereocenters. The Kier molecular flexibility index (Phi) is 6.07. The summed E-state index contributed by atoms with van der Waals surface area (Å²) in [5.41, 5.74) is 0.949. The van der Waals surface area contributed by atoms with Crippen molar-refractivity contribution in [2.24, 2.45) is 0 Å². The summed E-state index contributed by atoms with van der Waals surface area (Å²) in [5.74, 6) is -0.634. The van der Waals surface area contributed by atoms with Crippen LogP contribution < -0.4 is 0 Å². The van der Waals surface area contributed by atoms with E-state index in [2.05, 4.69) is 15.9 Å². The minimum Gasteiger partial charge on any atom is -0.465 e. The molecule has 0 bridgehead atoms. The molecule has 0 atom stereocenters. The Bertz CT molecular complexity index is 456. The fourth-order valence-corrected chi connectivity index (χ4v) is 2.33. The molecule has 0 fully saturated rings. The summed E-state index contributed by atoms with van der Waals surface area (Å²) in [5, 5.41) is 1.93. The van der Waals surface area contributed by atoms with Crippen molar-refractivity contribution in [2.75, 3.05) is 20.2 Å². The Labute approximate surface area is 118 Å². The second-order valence-electron chi connectivity index (χ2n) is 3.52. The Morgan fingerprint density at radius 3 is 2.83 bits per heavy atom. The molecule has 1 amide bonds. The summed E-state index contributed by atoms with van der Waals surface area (Å²) < 4.78 is 5.78. The molecule has 0 aliphatic carbocycles. The largest absolute Gasteiger partial charge is 0.465 e. The van der Waals surface area contributed by atoms with Gasteiger partial charge < -0.3 is 9.64 Å². The number of likely N-dealkylation sites (N-methyl/N-ethyl adjacent to an activating group) is 1. The number of ether oxygens (including phenoxy) is 1. The third-order valence-electron chi connectivity index (χ3n) is 2.05. The summed E-state index contributed by atoms with van der Waals surface area (Å²) in [6.07, 6.45) is 3.15. The summed E-state index contributed by atoms with van der Waals surface area (Å²) in [4.78, 5) is 24.2. The zero-order valence-electron chi connectivity index (χ0n) is 10.2. The molecule has 0 saturated carbocycles. The molecule has 0 aliphatic heterocycles. The molecule has 0 radical (unpaired) electrons. The Hall–Kier alpha value is -1.14. The molecular formula is C12H14BrNO3S. The van der Waals surface area contributed by atoms with Crippen LogP contribution in [-0.2, 0) is 14.3 Å². The van der Waals surface area contributed by atoms with Gasteiger partial charge in [-0.25, -0.2) is 0 Å². The highest BCUT2D eigenvalue weighted by Crippen LogP contribution is 2.21. The maximum Gasteiger partial charge on any atom is 0.325 e. The fraction of sp³-hybridized carbons (Fsp3) is 0.333. The standard InChI is InChI=1S/C12H14BrNO3S/c1-3-17-12(16)7-14(2)11(15)5-4-9-6-10(13)18-8-9/h4-6,8H,3,7H2,1-2H3/b5-4+. The first-order valence-electron chi connectivity index (χ1n) is 5.35. The van der Waals surface area contributed by atoms with E-state index in [1.165, 1.54) is 11.0 Å². The van der Waals surface area contributed by atoms with E-state index in [4.69, 9.17) is 4.74 Å². The third-order valence-corrected chi connectivity index (χ3v) is 3.58. The van der Waals surface area contributed by atoms with Crippen molar-refractivity contribution < 1.29 is 14.3 Å². The van der Waals surface area contributed by atoms with E-state index in [0.29, 0.717) is 6.61 Å². The number of carbonyl (C=O) groups excluding carboxylic acids is 2. The quantitative estimate of drug-likeness (QED) is 0.615. The van der Waals surface area contributed by atoms with Gasteiger partial charge in [-0.3, -0.25) is 9.59 Å². The normalized spacial score (nSPS) is 10.6. The summed E-state index contributed by atoms with van der Waals surface area (Å²) >= 11 is 4.89. The second-order valence-corrected chi connectivity index (χ2v) is 5.81. The van der Waals surface area contributed by atoms with Crippen LogP contribution >= 0.6 is 27.3 Å². The van der Waals surface area contributed by atoms with Crippen LogP contribution in [0.1, 0.15) is 12.5 Å². The Morgan fingerprint density at radius 2 is 2.28 bits per heavy atom. The molecule has 1 aromatic heterocycles. The van der Waals surface area contributed by atoms with Crippen LogP contribution in [0.4, 0.5) is 0 Å². The summed E-state index contributed by atoms with van der Waals surface area (Å²) in [6, 6.07) is 1.92. The lowest BCUT2D eigenvalue weighted by atomic mass is 10.3. The van der Waals surface area contributed by atoms with Crippen molar-refractivity contribution in [1.29, 1.82) is 0 Å². The predicted octanol–water partition coefficient (Wildman–Crippen LogP) is 2.55. The fourth-order valence-electron chi connectivity index (χ4n) is 1.18. The maximum atomic E-state index is 11.7. The van der Waals surface area contributed by atoms with E-state index in [9.17, 15) is 9.59 Å². The van der Waals surface area contributed by atoms with Crippen molar-refractivity contribution >= 4 is 45.2 Å². The molecule has 0 N–H and O–H groups in total. The van der Waals surface area contributed by atoms with Crippen molar-refractivity contribution in [2.45, 2.75) is 6.92 Å². The minimum atomic E-state index is -0.403. The number of esters is 1. The SMILES string of the molecule is CCOC(=O)CN(C)C(=O)/C=C/c1csc(Br)c1. The maximum absolute atomic E-state index is 11.7. The monoisotopic (exact) mass is 331 g/mol. The molecular weight excluding hydrogens is 318 g/mol. The lowest BCUT2D eigenvalue weighted by Gasteiger charge is -2.13. The number of halogens is 1. The molecule has 18 heavy (non-hydrogen) atoms. The number of hydrogen-bond donors (Lipinski definition) is 0. The molecule has 1 rings (SSSR count). The highest BCUT2D eigenvalue weighted by Gasteiger charge is 2.10. The zero-order chi connectivity index (χ0) is 13.5. The van der Waals surface area contributed by atoms with Gasteiger partial charge in [-0.05, 0) is 45.9 Å². The van der Waals surface area contributed by atoms with E-state index in [1.807, 2.05) is 11.4 Å². The van der Waals surface area contributed by atoms with Crippen LogP contribution in [0.15, 0.2) is 21.3 Å². The topological polar surface area (TPSA) is 46.6 Å². The van der Waals surface area contributed by atoms with Gasteiger partial charge in [0.05, 0.1) is 10.4 Å². The van der Waals surface area contributed by atoms with E-state index in [-0.39, 0.29) is 12.5 Å². The van der Waals surface area contributed by atoms with Gasteiger partial charge in [-0.15, -0.1) is 11.3 Å². The molecule has 6 heteroatoms. The molecule has 4 nitrogen and oxygen atoms in total. The number of amides is 1. The number of nitrogens with zero attached hydrogens (tertiary/aromatic N) is 1. The molecule has 0 aliphatic rings. The third kappa shape index (κ3) is 5.01. The second kappa shape index (κ2) is 7.33. The first-order valence-corrected chi connectivity index (χ1v) is 7.03. The predicted molar refractivity (Wildman–Crippen MR) is 75.3 cm³/mol. The van der Waals surface area contributed by atoms with Crippen LogP contribution in [0.25, 0.3) is 6.08 Å². The van der Waals surface area contributed by atoms with Gasteiger partial charge in [0.25, 0.3) is 0 Å². The number of rotatable bonds is 5. The van der Waals surface area contributed by atoms with Crippen molar-refractivity contribution in [3.05, 3.63) is 26.9 Å². The van der Waals surface area contributed by atoms with Crippen LogP contribution in [-0.4, -0.2) is 37.0 Å². The average Bonchev–Trinajstić information content (AvgIpc) is 2.72. The van der Waals surface area contributed by atoms with Gasteiger partial charge in [-0.2, -0.15) is 0 Å². The van der Waals surface area contributed by atoms with E-state index in [1.54, 1.807) is 31.4 Å². The smallest absolute Gasteiger partial charge is 0.325 e. The molecule has 0 spiro atoms. The Morgan fingerprint density at radius 1 is 1.56 bits per heavy atom. The van der Waals surface area contributed by atoms with Crippen LogP contribution in [0.2, 0.25) is 0 Å². The van der Waals surface area contributed by atoms with Gasteiger partial charge in [-0.1, -0.05) is 0 Å². The van der Waals surface area contributed by atoms with Gasteiger partial charge in [0, 0.05) is 13.1 Å². The number of carbonyl (C=O) groups is 2. The van der Waals surface area contributed by atoms with Gasteiger partial charge in [0.15, 0.2) is 0 Å². The van der Waals surface area contributed by atoms with Crippen molar-refractivity contribution in [1.82, 2.24) is 4.90 Å². The van der Waals surface area contributed by atoms with E-state index < -0.39 is 5.97 Å². The van der Waals surface area contributed by atoms with Crippen LogP contribution in [0.5, 0.6) is 0 Å². The van der Waals surface area contributed by atoms with E-state index >= 15 is 0 Å². The van der Waals surface area contributed by atoms with Gasteiger partial charge in [0.1, 0.15) is 6.54 Å². The van der Waals surface area contributed by atoms with Crippen LogP contribution in [0, 0.1) is 0 Å². The lowest BCUT2D eigenvalue weighted by molar-refractivity contribution is -0.146. The molecule has 1 aromatic rings. The summed E-state index contributed by atoms with van der Waals surface area (Å²) in [7, 11) is 1.56. The number of hydrogen-bond acceptors (Lipinski definition) is 4. The zero-order valence-corrected chi connectivity index (χ0v) is 12.6. The van der Waals surface area contributed by atoms with E-state index in [0.717, 1.165) is 9.35 Å².